The Labute approximate surface area is 124 Å². The molecule has 21 heavy (non-hydrogen) atoms. The zero-order valence-electron chi connectivity index (χ0n) is 12.5. The second-order valence-corrected chi connectivity index (χ2v) is 4.74. The third-order valence-corrected chi connectivity index (χ3v) is 3.53. The summed E-state index contributed by atoms with van der Waals surface area (Å²) in [5, 5.41) is 3.22. The Morgan fingerprint density at radius 3 is 2.43 bits per heavy atom. The molecule has 3 nitrogen and oxygen atoms in total. The lowest BCUT2D eigenvalue weighted by molar-refractivity contribution is 0.394. The molecule has 4 heteroatoms. The van der Waals surface area contributed by atoms with E-state index in [1.54, 1.807) is 20.3 Å². The summed E-state index contributed by atoms with van der Waals surface area (Å²) in [6.45, 7) is 0. The predicted molar refractivity (Wildman–Crippen MR) is 81.5 cm³/mol. The first-order chi connectivity index (χ1) is 10.2. The Balaban J connectivity index is 2.34. The van der Waals surface area contributed by atoms with E-state index in [4.69, 9.17) is 9.47 Å². The monoisotopic (exact) mass is 289 g/mol. The standard InChI is InChI=1S/C17H20FNO2/c1-19-15(10-12-6-4-5-7-16(12)20-2)14-11-13(18)8-9-17(14)21-3/h4-9,11,15,19H,10H2,1-3H3. The average molecular weight is 289 g/mol. The number of hydrogen-bond donors (Lipinski definition) is 1. The van der Waals surface area contributed by atoms with E-state index in [1.165, 1.54) is 12.1 Å². The van der Waals surface area contributed by atoms with E-state index in [0.29, 0.717) is 12.2 Å². The maximum Gasteiger partial charge on any atom is 0.123 e. The maximum absolute atomic E-state index is 13.6. The fraction of sp³-hybridized carbons (Fsp3) is 0.294. The molecule has 0 amide bonds. The SMILES string of the molecule is CNC(Cc1ccccc1OC)c1cc(F)ccc1OC. The van der Waals surface area contributed by atoms with Gasteiger partial charge in [0.2, 0.25) is 0 Å². The second-order valence-electron chi connectivity index (χ2n) is 4.74. The number of ether oxygens (including phenoxy) is 2. The highest BCUT2D eigenvalue weighted by molar-refractivity contribution is 5.40. The van der Waals surface area contributed by atoms with Crippen molar-refractivity contribution < 1.29 is 13.9 Å². The molecule has 2 aromatic carbocycles. The van der Waals surface area contributed by atoms with Crippen LogP contribution in [0.2, 0.25) is 0 Å². The van der Waals surface area contributed by atoms with Gasteiger partial charge in [-0.3, -0.25) is 0 Å². The van der Waals surface area contributed by atoms with E-state index in [0.717, 1.165) is 16.9 Å². The molecule has 1 atom stereocenters. The first kappa shape index (κ1) is 15.3. The topological polar surface area (TPSA) is 30.5 Å². The largest absolute Gasteiger partial charge is 0.496 e. The van der Waals surface area contributed by atoms with Crippen LogP contribution in [0, 0.1) is 5.82 Å². The van der Waals surface area contributed by atoms with Crippen LogP contribution < -0.4 is 14.8 Å². The molecule has 0 spiro atoms. The van der Waals surface area contributed by atoms with Gasteiger partial charge in [0.15, 0.2) is 0 Å². The van der Waals surface area contributed by atoms with E-state index < -0.39 is 0 Å². The van der Waals surface area contributed by atoms with E-state index in [2.05, 4.69) is 5.32 Å². The van der Waals surface area contributed by atoms with E-state index >= 15 is 0 Å². The average Bonchev–Trinajstić information content (AvgIpc) is 2.53. The molecule has 2 aromatic rings. The minimum Gasteiger partial charge on any atom is -0.496 e. The van der Waals surface area contributed by atoms with Gasteiger partial charge < -0.3 is 14.8 Å². The first-order valence-electron chi connectivity index (χ1n) is 6.82. The van der Waals surface area contributed by atoms with Gasteiger partial charge in [-0.05, 0) is 43.3 Å². The van der Waals surface area contributed by atoms with E-state index in [9.17, 15) is 4.39 Å². The number of para-hydroxylation sites is 1. The number of nitrogens with one attached hydrogen (secondary N) is 1. The van der Waals surface area contributed by atoms with Crippen LogP contribution >= 0.6 is 0 Å². The number of benzene rings is 2. The normalized spacial score (nSPS) is 12.0. The molecule has 0 fully saturated rings. The van der Waals surface area contributed by atoms with Crippen molar-refractivity contribution >= 4 is 0 Å². The van der Waals surface area contributed by atoms with E-state index in [-0.39, 0.29) is 11.9 Å². The maximum atomic E-state index is 13.6. The summed E-state index contributed by atoms with van der Waals surface area (Å²) in [5.74, 6) is 1.23. The van der Waals surface area contributed by atoms with Gasteiger partial charge in [-0.1, -0.05) is 18.2 Å². The molecule has 0 saturated carbocycles. The van der Waals surface area contributed by atoms with Crippen molar-refractivity contribution in [3.8, 4) is 11.5 Å². The molecule has 0 radical (unpaired) electrons. The van der Waals surface area contributed by atoms with Crippen molar-refractivity contribution in [1.29, 1.82) is 0 Å². The van der Waals surface area contributed by atoms with Gasteiger partial charge in [0.05, 0.1) is 14.2 Å². The molecule has 0 saturated heterocycles. The van der Waals surface area contributed by atoms with Crippen LogP contribution in [0.15, 0.2) is 42.5 Å². The Bertz CT molecular complexity index is 601. The van der Waals surface area contributed by atoms with Gasteiger partial charge in [-0.2, -0.15) is 0 Å². The highest BCUT2D eigenvalue weighted by Gasteiger charge is 2.17. The van der Waals surface area contributed by atoms with Crippen molar-refractivity contribution in [3.05, 3.63) is 59.4 Å². The minimum absolute atomic E-state index is 0.0630. The van der Waals surface area contributed by atoms with Crippen LogP contribution in [-0.4, -0.2) is 21.3 Å². The predicted octanol–water partition coefficient (Wildman–Crippen LogP) is 3.35. The second kappa shape index (κ2) is 7.09. The number of hydrogen-bond acceptors (Lipinski definition) is 3. The third-order valence-electron chi connectivity index (χ3n) is 3.53. The van der Waals surface area contributed by atoms with Gasteiger partial charge in [0.1, 0.15) is 17.3 Å². The fourth-order valence-corrected chi connectivity index (χ4v) is 2.44. The lowest BCUT2D eigenvalue weighted by Gasteiger charge is -2.20. The number of likely N-dealkylation sites (N-methyl/N-ethyl adjacent to an activating group) is 1. The van der Waals surface area contributed by atoms with Crippen molar-refractivity contribution in [1.82, 2.24) is 5.32 Å². The fourth-order valence-electron chi connectivity index (χ4n) is 2.44. The summed E-state index contributed by atoms with van der Waals surface area (Å²) in [6.07, 6.45) is 0.681. The summed E-state index contributed by atoms with van der Waals surface area (Å²) in [4.78, 5) is 0. The summed E-state index contributed by atoms with van der Waals surface area (Å²) in [7, 11) is 5.09. The minimum atomic E-state index is -0.272. The van der Waals surface area contributed by atoms with Crippen molar-refractivity contribution in [2.24, 2.45) is 0 Å². The molecule has 0 aromatic heterocycles. The van der Waals surface area contributed by atoms with Gasteiger partial charge in [-0.15, -0.1) is 0 Å². The summed E-state index contributed by atoms with van der Waals surface area (Å²) < 4.78 is 24.3. The molecule has 112 valence electrons. The lowest BCUT2D eigenvalue weighted by Crippen LogP contribution is -2.20. The number of methoxy groups -OCH3 is 2. The van der Waals surface area contributed by atoms with Crippen molar-refractivity contribution in [2.45, 2.75) is 12.5 Å². The summed E-state index contributed by atoms with van der Waals surface area (Å²) in [5.41, 5.74) is 1.86. The van der Waals surface area contributed by atoms with Crippen LogP contribution in [0.25, 0.3) is 0 Å². The highest BCUT2D eigenvalue weighted by atomic mass is 19.1. The molecular formula is C17H20FNO2. The molecule has 0 bridgehead atoms. The molecule has 2 rings (SSSR count). The van der Waals surface area contributed by atoms with Crippen LogP contribution in [0.5, 0.6) is 11.5 Å². The van der Waals surface area contributed by atoms with Gasteiger partial charge >= 0.3 is 0 Å². The van der Waals surface area contributed by atoms with Crippen molar-refractivity contribution in [2.75, 3.05) is 21.3 Å². The number of halogens is 1. The Morgan fingerprint density at radius 1 is 1.05 bits per heavy atom. The molecule has 0 heterocycles. The van der Waals surface area contributed by atoms with Gasteiger partial charge in [-0.25, -0.2) is 4.39 Å². The molecule has 0 aliphatic rings. The van der Waals surface area contributed by atoms with Crippen LogP contribution in [0.1, 0.15) is 17.2 Å². The third kappa shape index (κ3) is 3.52. The van der Waals surface area contributed by atoms with Gasteiger partial charge in [0, 0.05) is 11.6 Å². The molecule has 0 aliphatic carbocycles. The van der Waals surface area contributed by atoms with Crippen molar-refractivity contribution in [3.63, 3.8) is 0 Å². The molecule has 1 unspecified atom stereocenters. The first-order valence-corrected chi connectivity index (χ1v) is 6.82. The molecular weight excluding hydrogens is 269 g/mol. The Morgan fingerprint density at radius 2 is 1.76 bits per heavy atom. The zero-order valence-corrected chi connectivity index (χ0v) is 12.5. The summed E-state index contributed by atoms with van der Waals surface area (Å²) >= 11 is 0. The van der Waals surface area contributed by atoms with Crippen LogP contribution in [0.3, 0.4) is 0 Å². The Hall–Kier alpha value is -2.07. The quantitative estimate of drug-likeness (QED) is 0.884. The number of rotatable bonds is 6. The summed E-state index contributed by atoms with van der Waals surface area (Å²) in [6, 6.07) is 12.3. The highest BCUT2D eigenvalue weighted by Crippen LogP contribution is 2.30. The Kier molecular flexibility index (Phi) is 5.17. The van der Waals surface area contributed by atoms with Gasteiger partial charge in [0.25, 0.3) is 0 Å². The molecule has 1 N–H and O–H groups in total. The van der Waals surface area contributed by atoms with Crippen LogP contribution in [-0.2, 0) is 6.42 Å². The smallest absolute Gasteiger partial charge is 0.123 e. The van der Waals surface area contributed by atoms with E-state index in [1.807, 2.05) is 31.3 Å². The molecule has 0 aliphatic heterocycles. The lowest BCUT2D eigenvalue weighted by atomic mass is 9.97. The zero-order chi connectivity index (χ0) is 15.2. The van der Waals surface area contributed by atoms with Crippen LogP contribution in [0.4, 0.5) is 4.39 Å².